The Morgan fingerprint density at radius 1 is 1.19 bits per heavy atom. The Kier molecular flexibility index (Phi) is 7.14. The van der Waals surface area contributed by atoms with Crippen LogP contribution < -0.4 is 25.6 Å². The van der Waals surface area contributed by atoms with E-state index in [4.69, 9.17) is 4.74 Å². The number of hydrogen-bond acceptors (Lipinski definition) is 7. The van der Waals surface area contributed by atoms with E-state index in [-0.39, 0.29) is 46.8 Å². The second kappa shape index (κ2) is 11.0. The SMILES string of the molecule is Cc1cc(OC2CC2)ccc1N1C(=O)NC2=C(C(=O)N[C@@H]3CCCN(C(=O)/C(C#N)=C/C4CC4)C3)SC3NCCC1C23. The molecule has 4 heterocycles. The number of hydrogen-bond donors (Lipinski definition) is 3. The maximum atomic E-state index is 13.7. The summed E-state index contributed by atoms with van der Waals surface area (Å²) in [5.74, 6) is 0.662. The molecule has 3 unspecified atom stereocenters. The number of allylic oxidation sites excluding steroid dienone is 1. The average molecular weight is 589 g/mol. The lowest BCUT2D eigenvalue weighted by Crippen LogP contribution is -2.62. The normalized spacial score (nSPS) is 29.0. The molecule has 6 aliphatic rings. The summed E-state index contributed by atoms with van der Waals surface area (Å²) in [5, 5.41) is 19.3. The van der Waals surface area contributed by atoms with Gasteiger partial charge >= 0.3 is 6.03 Å². The fourth-order valence-corrected chi connectivity index (χ4v) is 8.01. The molecule has 42 heavy (non-hydrogen) atoms. The van der Waals surface area contributed by atoms with Crippen LogP contribution in [-0.4, -0.2) is 65.9 Å². The summed E-state index contributed by atoms with van der Waals surface area (Å²) in [7, 11) is 0. The van der Waals surface area contributed by atoms with Crippen LogP contribution >= 0.6 is 11.8 Å². The Bertz CT molecular complexity index is 1430. The molecule has 5 fully saturated rings. The first-order chi connectivity index (χ1) is 20.4. The van der Waals surface area contributed by atoms with E-state index in [1.54, 1.807) is 11.0 Å². The minimum atomic E-state index is -0.249. The number of amides is 4. The zero-order valence-electron chi connectivity index (χ0n) is 23.7. The third kappa shape index (κ3) is 5.26. The topological polar surface area (TPSA) is 127 Å². The number of nitrogens with zero attached hydrogens (tertiary/aromatic N) is 3. The summed E-state index contributed by atoms with van der Waals surface area (Å²) in [4.78, 5) is 44.4. The number of likely N-dealkylation sites (tertiary alicyclic amines) is 1. The van der Waals surface area contributed by atoms with Crippen molar-refractivity contribution >= 4 is 35.3 Å². The van der Waals surface area contributed by atoms with Crippen molar-refractivity contribution in [3.05, 3.63) is 46.0 Å². The molecule has 0 aromatic heterocycles. The summed E-state index contributed by atoms with van der Waals surface area (Å²) in [5.41, 5.74) is 2.74. The molecule has 2 aliphatic carbocycles. The number of nitriles is 1. The summed E-state index contributed by atoms with van der Waals surface area (Å²) in [6, 6.07) is 7.49. The molecule has 7 rings (SSSR count). The van der Waals surface area contributed by atoms with Gasteiger partial charge in [-0.25, -0.2) is 4.79 Å². The van der Waals surface area contributed by atoms with Crippen molar-refractivity contribution in [1.29, 1.82) is 5.26 Å². The van der Waals surface area contributed by atoms with Gasteiger partial charge in [0, 0.05) is 36.4 Å². The minimum absolute atomic E-state index is 0.0180. The zero-order valence-corrected chi connectivity index (χ0v) is 24.5. The lowest BCUT2D eigenvalue weighted by molar-refractivity contribution is -0.129. The maximum absolute atomic E-state index is 13.7. The van der Waals surface area contributed by atoms with Crippen molar-refractivity contribution in [2.24, 2.45) is 11.8 Å². The molecule has 4 atom stereocenters. The smallest absolute Gasteiger partial charge is 0.326 e. The molecular weight excluding hydrogens is 552 g/mol. The lowest BCUT2D eigenvalue weighted by Gasteiger charge is -2.46. The number of carbonyl (C=O) groups excluding carboxylic acids is 3. The van der Waals surface area contributed by atoms with E-state index in [0.29, 0.717) is 35.7 Å². The number of thioether (sulfide) groups is 1. The van der Waals surface area contributed by atoms with Gasteiger partial charge in [0.15, 0.2) is 0 Å². The molecule has 1 aromatic rings. The predicted molar refractivity (Wildman–Crippen MR) is 158 cm³/mol. The fourth-order valence-electron chi connectivity index (χ4n) is 6.61. The van der Waals surface area contributed by atoms with Crippen molar-refractivity contribution < 1.29 is 19.1 Å². The third-order valence-corrected chi connectivity index (χ3v) is 10.4. The van der Waals surface area contributed by atoms with Crippen LogP contribution in [-0.2, 0) is 9.59 Å². The van der Waals surface area contributed by atoms with E-state index in [1.807, 2.05) is 30.0 Å². The fraction of sp³-hybridized carbons (Fsp3) is 0.548. The number of anilines is 1. The van der Waals surface area contributed by atoms with Crippen LogP contribution in [0.15, 0.2) is 40.5 Å². The highest BCUT2D eigenvalue weighted by Gasteiger charge is 2.52. The highest BCUT2D eigenvalue weighted by atomic mass is 32.2. The number of piperidine rings is 2. The van der Waals surface area contributed by atoms with Crippen LogP contribution in [0.4, 0.5) is 10.5 Å². The Morgan fingerprint density at radius 2 is 2.02 bits per heavy atom. The molecule has 11 heteroatoms. The second-order valence-electron chi connectivity index (χ2n) is 12.3. The highest BCUT2D eigenvalue weighted by molar-refractivity contribution is 8.04. The van der Waals surface area contributed by atoms with Crippen LogP contribution in [0.5, 0.6) is 5.75 Å². The van der Waals surface area contributed by atoms with Gasteiger partial charge in [-0.15, -0.1) is 0 Å². The van der Waals surface area contributed by atoms with Crippen LogP contribution in [0.3, 0.4) is 0 Å². The Labute approximate surface area is 249 Å². The summed E-state index contributed by atoms with van der Waals surface area (Å²) in [6.45, 7) is 3.71. The van der Waals surface area contributed by atoms with Crippen molar-refractivity contribution in [3.8, 4) is 11.8 Å². The first kappa shape index (κ1) is 27.3. The van der Waals surface area contributed by atoms with Crippen molar-refractivity contribution in [2.75, 3.05) is 24.5 Å². The van der Waals surface area contributed by atoms with E-state index in [0.717, 1.165) is 68.5 Å². The number of carbonyl (C=O) groups is 3. The molecule has 0 bridgehead atoms. The van der Waals surface area contributed by atoms with Gasteiger partial charge in [-0.05, 0) is 88.1 Å². The second-order valence-corrected chi connectivity index (χ2v) is 13.4. The Hall–Kier alpha value is -3.49. The van der Waals surface area contributed by atoms with Crippen LogP contribution in [0.2, 0.25) is 0 Å². The van der Waals surface area contributed by atoms with Gasteiger partial charge in [-0.2, -0.15) is 5.26 Å². The maximum Gasteiger partial charge on any atom is 0.326 e. The van der Waals surface area contributed by atoms with Gasteiger partial charge in [0.25, 0.3) is 11.8 Å². The molecule has 10 nitrogen and oxygen atoms in total. The van der Waals surface area contributed by atoms with Crippen molar-refractivity contribution in [2.45, 2.75) is 75.4 Å². The van der Waals surface area contributed by atoms with E-state index in [9.17, 15) is 19.6 Å². The number of benzene rings is 1. The number of nitrogens with one attached hydrogen (secondary N) is 3. The molecule has 3 saturated heterocycles. The predicted octanol–water partition coefficient (Wildman–Crippen LogP) is 3.30. The standard InChI is InChI=1S/C31H36N6O4S/c1-17-13-22(41-21-6-7-21)8-9-23(17)37-24-10-11-33-29-25(24)26(35-31(37)40)27(42-29)28(38)34-20-3-2-12-36(16-20)30(39)19(15-32)14-18-4-5-18/h8-9,13-14,18,20-21,24-25,29,33H,2-7,10-12,16H2,1H3,(H,34,38)(H,35,40)/b19-14+/t20-,24?,25?,29?/m1/s1. The van der Waals surface area contributed by atoms with E-state index < -0.39 is 0 Å². The molecular formula is C31H36N6O4S. The molecule has 4 amide bonds. The minimum Gasteiger partial charge on any atom is -0.490 e. The quantitative estimate of drug-likeness (QED) is 0.330. The summed E-state index contributed by atoms with van der Waals surface area (Å²) < 4.78 is 5.96. The van der Waals surface area contributed by atoms with Crippen LogP contribution in [0.25, 0.3) is 0 Å². The Morgan fingerprint density at radius 3 is 2.76 bits per heavy atom. The summed E-state index contributed by atoms with van der Waals surface area (Å²) >= 11 is 1.48. The van der Waals surface area contributed by atoms with Gasteiger partial charge in [0.05, 0.1) is 22.4 Å². The van der Waals surface area contributed by atoms with Gasteiger partial charge in [0.1, 0.15) is 17.4 Å². The van der Waals surface area contributed by atoms with Crippen molar-refractivity contribution in [3.63, 3.8) is 0 Å². The number of ether oxygens (including phenoxy) is 1. The molecule has 220 valence electrons. The molecule has 0 radical (unpaired) electrons. The number of rotatable bonds is 7. The number of aryl methyl sites for hydroxylation is 1. The zero-order chi connectivity index (χ0) is 29.0. The van der Waals surface area contributed by atoms with E-state index >= 15 is 0 Å². The summed E-state index contributed by atoms with van der Waals surface area (Å²) in [6.07, 6.45) is 8.63. The van der Waals surface area contributed by atoms with Crippen LogP contribution in [0, 0.1) is 30.1 Å². The molecule has 3 N–H and O–H groups in total. The monoisotopic (exact) mass is 588 g/mol. The highest BCUT2D eigenvalue weighted by Crippen LogP contribution is 2.48. The average Bonchev–Trinajstić information content (AvgIpc) is 3.92. The largest absolute Gasteiger partial charge is 0.490 e. The van der Waals surface area contributed by atoms with Gasteiger partial charge in [-0.1, -0.05) is 17.8 Å². The third-order valence-electron chi connectivity index (χ3n) is 9.02. The van der Waals surface area contributed by atoms with Crippen LogP contribution in [0.1, 0.15) is 50.5 Å². The number of urea groups is 1. The lowest BCUT2D eigenvalue weighted by atomic mass is 9.86. The van der Waals surface area contributed by atoms with Gasteiger partial charge in [-0.3, -0.25) is 14.5 Å². The van der Waals surface area contributed by atoms with Crippen molar-refractivity contribution in [1.82, 2.24) is 20.9 Å². The van der Waals surface area contributed by atoms with Gasteiger partial charge in [0.2, 0.25) is 0 Å². The van der Waals surface area contributed by atoms with Gasteiger partial charge < -0.3 is 25.6 Å². The molecule has 4 aliphatic heterocycles. The van der Waals surface area contributed by atoms with E-state index in [1.165, 1.54) is 11.8 Å². The van der Waals surface area contributed by atoms with E-state index in [2.05, 4.69) is 22.0 Å². The Balaban J connectivity index is 1.07. The molecule has 2 saturated carbocycles. The molecule has 0 spiro atoms. The first-order valence-corrected chi connectivity index (χ1v) is 16.0. The molecule has 1 aromatic carbocycles. The first-order valence-electron chi connectivity index (χ1n) is 15.1.